The second-order valence-electron chi connectivity index (χ2n) is 8.38. The lowest BCUT2D eigenvalue weighted by Gasteiger charge is -2.31. The molecule has 2 radical (unpaired) electrons. The van der Waals surface area contributed by atoms with Crippen molar-refractivity contribution in [3.05, 3.63) is 64.1 Å². The third-order valence-electron chi connectivity index (χ3n) is 5.29. The first-order valence-corrected chi connectivity index (χ1v) is 11.4. The van der Waals surface area contributed by atoms with Crippen LogP contribution in [0.1, 0.15) is 37.6 Å². The van der Waals surface area contributed by atoms with E-state index in [4.69, 9.17) is 29.9 Å². The number of carbonyl (C=O) groups excluding carboxylic acids is 1. The predicted octanol–water partition coefficient (Wildman–Crippen LogP) is 4.77. The highest BCUT2D eigenvalue weighted by molar-refractivity contribution is 6.31. The molecule has 2 atom stereocenters. The van der Waals surface area contributed by atoms with Gasteiger partial charge in [-0.25, -0.2) is 23.7 Å². The summed E-state index contributed by atoms with van der Waals surface area (Å²) in [6.45, 7) is 5.90. The summed E-state index contributed by atoms with van der Waals surface area (Å²) >= 11 is 6.34. The molecule has 0 aliphatic rings. The van der Waals surface area contributed by atoms with E-state index in [1.54, 1.807) is 19.1 Å². The lowest BCUT2D eigenvalue weighted by molar-refractivity contribution is -0.126. The normalized spacial score (nSPS) is 14.6. The first kappa shape index (κ1) is 27.1. The van der Waals surface area contributed by atoms with Gasteiger partial charge in [-0.1, -0.05) is 23.7 Å². The summed E-state index contributed by atoms with van der Waals surface area (Å²) in [5.74, 6) is -0.730. The van der Waals surface area contributed by atoms with E-state index in [0.29, 0.717) is 39.4 Å². The lowest BCUT2D eigenvalue weighted by Crippen LogP contribution is -2.47. The van der Waals surface area contributed by atoms with Gasteiger partial charge in [-0.15, -0.1) is 0 Å². The number of alkyl halides is 1. The molecule has 0 aliphatic carbocycles. The van der Waals surface area contributed by atoms with Gasteiger partial charge in [0.05, 0.1) is 17.0 Å². The highest BCUT2D eigenvalue weighted by Gasteiger charge is 2.29. The molecule has 186 valence electrons. The van der Waals surface area contributed by atoms with Crippen molar-refractivity contribution in [2.75, 3.05) is 0 Å². The molecule has 7 nitrogen and oxygen atoms in total. The standard InChI is InChI=1S/C25H25BClF2N5O2/c1-13-8-21(33-15(3)31-12-30)17-6-5-7-22(23(17)32-13)36-11-18-19(9-16(29)10-20(18)27)25(4,26)34-24(35)14(2)28/h5-10,12,14H,11H2,1-4H3,(H,34,35)(H2,30,31,32,33)/t14?,25-/m0/s1. The number of pyridine rings is 1. The summed E-state index contributed by atoms with van der Waals surface area (Å²) in [7, 11) is 6.26. The van der Waals surface area contributed by atoms with Gasteiger partial charge in [0, 0.05) is 22.1 Å². The molecule has 36 heavy (non-hydrogen) atoms. The molecule has 1 unspecified atom stereocenters. The van der Waals surface area contributed by atoms with Crippen LogP contribution in [0.25, 0.3) is 10.9 Å². The van der Waals surface area contributed by atoms with Gasteiger partial charge in [0.15, 0.2) is 6.17 Å². The number of rotatable bonds is 7. The van der Waals surface area contributed by atoms with E-state index in [2.05, 4.69) is 20.3 Å². The molecular formula is C25H25BClF2N5O2. The fourth-order valence-corrected chi connectivity index (χ4v) is 3.90. The average Bonchev–Trinajstić information content (AvgIpc) is 2.78. The maximum absolute atomic E-state index is 14.2. The Kier molecular flexibility index (Phi) is 8.30. The van der Waals surface area contributed by atoms with E-state index in [0.717, 1.165) is 25.4 Å². The van der Waals surface area contributed by atoms with Gasteiger partial charge < -0.3 is 15.8 Å². The number of nitrogens with one attached hydrogen (secondary N) is 1. The first-order chi connectivity index (χ1) is 16.9. The summed E-state index contributed by atoms with van der Waals surface area (Å²) in [5, 5.41) is 3.12. The zero-order valence-electron chi connectivity index (χ0n) is 20.3. The zero-order chi connectivity index (χ0) is 26.6. The molecule has 0 saturated heterocycles. The minimum Gasteiger partial charge on any atom is -0.487 e. The Hall–Kier alpha value is -3.53. The number of halogens is 3. The number of amides is 1. The maximum atomic E-state index is 14.2. The summed E-state index contributed by atoms with van der Waals surface area (Å²) in [6.07, 6.45) is -0.646. The molecule has 1 amide bonds. The van der Waals surface area contributed by atoms with Crippen molar-refractivity contribution in [3.63, 3.8) is 0 Å². The largest absolute Gasteiger partial charge is 0.487 e. The quantitative estimate of drug-likeness (QED) is 0.271. The number of hydrogen-bond acceptors (Lipinski definition) is 4. The second kappa shape index (κ2) is 11.0. The fourth-order valence-electron chi connectivity index (χ4n) is 3.63. The Bertz CT molecular complexity index is 1360. The van der Waals surface area contributed by atoms with Crippen LogP contribution in [0.15, 0.2) is 46.4 Å². The molecule has 0 spiro atoms. The minimum atomic E-state index is -1.81. The van der Waals surface area contributed by atoms with Crippen molar-refractivity contribution in [2.24, 2.45) is 15.7 Å². The van der Waals surface area contributed by atoms with Crippen molar-refractivity contribution < 1.29 is 18.3 Å². The summed E-state index contributed by atoms with van der Waals surface area (Å²) in [4.78, 5) is 25.0. The van der Waals surface area contributed by atoms with Crippen LogP contribution in [0.2, 0.25) is 5.02 Å². The molecule has 3 rings (SSSR count). The number of hydrogen-bond donors (Lipinski definition) is 2. The Morgan fingerprint density at radius 2 is 2.11 bits per heavy atom. The van der Waals surface area contributed by atoms with E-state index in [1.807, 2.05) is 19.1 Å². The summed E-state index contributed by atoms with van der Waals surface area (Å²) in [5.41, 5.74) is 6.06. The third kappa shape index (κ3) is 6.18. The van der Waals surface area contributed by atoms with Crippen molar-refractivity contribution in [3.8, 4) is 5.75 Å². The topological polar surface area (TPSA) is 102 Å². The zero-order valence-corrected chi connectivity index (χ0v) is 21.0. The second-order valence-corrected chi connectivity index (χ2v) is 8.79. The van der Waals surface area contributed by atoms with Crippen molar-refractivity contribution in [1.29, 1.82) is 0 Å². The molecule has 0 saturated carbocycles. The molecule has 1 aromatic heterocycles. The van der Waals surface area contributed by atoms with E-state index < -0.39 is 23.3 Å². The SMILES string of the molecule is [B][C@@](C)(NC(=O)C(C)F)c1cc(F)cc(Cl)c1COc1cccc2c(N=C(C)N=CN)cc(C)nc12. The van der Waals surface area contributed by atoms with Crippen LogP contribution in [0.3, 0.4) is 0 Å². The monoisotopic (exact) mass is 511 g/mol. The molecule has 3 N–H and O–H groups in total. The maximum Gasteiger partial charge on any atom is 0.254 e. The van der Waals surface area contributed by atoms with Gasteiger partial charge in [0.2, 0.25) is 0 Å². The van der Waals surface area contributed by atoms with Gasteiger partial charge in [-0.05, 0) is 57.5 Å². The molecule has 11 heteroatoms. The van der Waals surface area contributed by atoms with Crippen molar-refractivity contribution >= 4 is 54.1 Å². The number of amidine groups is 1. The number of ether oxygens (including phenoxy) is 1. The van der Waals surface area contributed by atoms with Crippen LogP contribution >= 0.6 is 11.6 Å². The van der Waals surface area contributed by atoms with Crippen molar-refractivity contribution in [1.82, 2.24) is 10.3 Å². The Morgan fingerprint density at radius 1 is 1.39 bits per heavy atom. The number of carbonyl (C=O) groups is 1. The van der Waals surface area contributed by atoms with E-state index in [1.165, 1.54) is 6.92 Å². The molecule has 1 heterocycles. The number of nitrogens with two attached hydrogens (primary N) is 1. The predicted molar refractivity (Wildman–Crippen MR) is 139 cm³/mol. The Balaban J connectivity index is 2.03. The van der Waals surface area contributed by atoms with Crippen LogP contribution in [-0.4, -0.2) is 37.1 Å². The Labute approximate surface area is 214 Å². The molecule has 0 aliphatic heterocycles. The highest BCUT2D eigenvalue weighted by Crippen LogP contribution is 2.34. The van der Waals surface area contributed by atoms with Crippen LogP contribution in [0, 0.1) is 12.7 Å². The van der Waals surface area contributed by atoms with E-state index in [-0.39, 0.29) is 17.2 Å². The number of aryl methyl sites for hydroxylation is 1. The van der Waals surface area contributed by atoms with Gasteiger partial charge >= 0.3 is 0 Å². The number of para-hydroxylation sites is 1. The van der Waals surface area contributed by atoms with Crippen LogP contribution in [-0.2, 0) is 16.8 Å². The summed E-state index contributed by atoms with van der Waals surface area (Å²) in [6, 6.07) is 9.39. The van der Waals surface area contributed by atoms with Crippen LogP contribution in [0.5, 0.6) is 5.75 Å². The number of benzene rings is 2. The molecule has 0 bridgehead atoms. The first-order valence-electron chi connectivity index (χ1n) is 11.0. The Morgan fingerprint density at radius 3 is 2.78 bits per heavy atom. The average molecular weight is 512 g/mol. The van der Waals surface area contributed by atoms with Crippen molar-refractivity contribution in [2.45, 2.75) is 45.9 Å². The molecular weight excluding hydrogens is 487 g/mol. The van der Waals surface area contributed by atoms with Crippen LogP contribution in [0.4, 0.5) is 14.5 Å². The number of aromatic nitrogens is 1. The van der Waals surface area contributed by atoms with Gasteiger partial charge in [-0.3, -0.25) is 4.79 Å². The summed E-state index contributed by atoms with van der Waals surface area (Å²) < 4.78 is 33.8. The minimum absolute atomic E-state index is 0.0363. The third-order valence-corrected chi connectivity index (χ3v) is 5.63. The highest BCUT2D eigenvalue weighted by atomic mass is 35.5. The number of aliphatic imine (C=N–C) groups is 2. The molecule has 2 aromatic carbocycles. The molecule has 0 fully saturated rings. The molecule has 3 aromatic rings. The smallest absolute Gasteiger partial charge is 0.254 e. The van der Waals surface area contributed by atoms with Gasteiger partial charge in [-0.2, -0.15) is 0 Å². The number of nitrogens with zero attached hydrogens (tertiary/aromatic N) is 3. The van der Waals surface area contributed by atoms with Crippen LogP contribution < -0.4 is 15.8 Å². The van der Waals surface area contributed by atoms with E-state index in [9.17, 15) is 13.6 Å². The van der Waals surface area contributed by atoms with Gasteiger partial charge in [0.25, 0.3) is 5.91 Å². The lowest BCUT2D eigenvalue weighted by atomic mass is 9.72. The fraction of sp³-hybridized carbons (Fsp3) is 0.280. The number of fused-ring (bicyclic) bond motifs is 1. The van der Waals surface area contributed by atoms with E-state index >= 15 is 0 Å². The van der Waals surface area contributed by atoms with Gasteiger partial charge in [0.1, 0.15) is 37.4 Å².